The molecule has 0 aromatic heterocycles. The van der Waals surface area contributed by atoms with Gasteiger partial charge in [-0.25, -0.2) is 8.42 Å². The molecule has 0 radical (unpaired) electrons. The summed E-state index contributed by atoms with van der Waals surface area (Å²) in [6.45, 7) is 8.83. The van der Waals surface area contributed by atoms with Crippen LogP contribution in [0.2, 0.25) is 0 Å². The molecule has 0 amide bonds. The predicted molar refractivity (Wildman–Crippen MR) is 77.6 cm³/mol. The lowest BCUT2D eigenvalue weighted by Crippen LogP contribution is -2.50. The summed E-state index contributed by atoms with van der Waals surface area (Å²) in [5, 5.41) is 3.01. The van der Waals surface area contributed by atoms with Crippen molar-refractivity contribution >= 4 is 9.84 Å². The Balaban J connectivity index is 2.83. The topological polar surface area (TPSA) is 46.2 Å². The van der Waals surface area contributed by atoms with Gasteiger partial charge in [0.05, 0.1) is 10.5 Å². The van der Waals surface area contributed by atoms with Gasteiger partial charge in [0.25, 0.3) is 0 Å². The first kappa shape index (κ1) is 16.0. The quantitative estimate of drug-likeness (QED) is 0.811. The van der Waals surface area contributed by atoms with Crippen LogP contribution in [0.5, 0.6) is 0 Å². The van der Waals surface area contributed by atoms with E-state index in [2.05, 4.69) is 19.2 Å². The molecule has 3 nitrogen and oxygen atoms in total. The summed E-state index contributed by atoms with van der Waals surface area (Å²) in [5.74, 6) is 0.586. The molecule has 1 N–H and O–H groups in total. The van der Waals surface area contributed by atoms with E-state index >= 15 is 0 Å². The van der Waals surface area contributed by atoms with Gasteiger partial charge in [-0.3, -0.25) is 0 Å². The maximum absolute atomic E-state index is 12.5. The smallest absolute Gasteiger partial charge is 0.157 e. The monoisotopic (exact) mass is 275 g/mol. The van der Waals surface area contributed by atoms with Gasteiger partial charge >= 0.3 is 0 Å². The zero-order valence-corrected chi connectivity index (χ0v) is 13.1. The summed E-state index contributed by atoms with van der Waals surface area (Å²) in [5.41, 5.74) is 0. The summed E-state index contributed by atoms with van der Waals surface area (Å²) in [6, 6.07) is 0.167. The van der Waals surface area contributed by atoms with E-state index < -0.39 is 9.84 Å². The van der Waals surface area contributed by atoms with E-state index in [4.69, 9.17) is 0 Å². The maximum Gasteiger partial charge on any atom is 0.157 e. The Kier molecular flexibility index (Phi) is 6.12. The van der Waals surface area contributed by atoms with E-state index in [1.807, 2.05) is 13.8 Å². The fourth-order valence-electron chi connectivity index (χ4n) is 2.86. The number of hydrogen-bond donors (Lipinski definition) is 1. The molecule has 0 heterocycles. The standard InChI is InChI=1S/C14H29NO2S/c1-5-9-15-13-8-7-12(6-2)10-14(13)18(16,17)11(3)4/h11-15H,5-10H2,1-4H3. The Morgan fingerprint density at radius 1 is 1.22 bits per heavy atom. The third kappa shape index (κ3) is 3.70. The van der Waals surface area contributed by atoms with E-state index in [0.29, 0.717) is 5.92 Å². The third-order valence-corrected chi connectivity index (χ3v) is 6.89. The Bertz CT molecular complexity index is 338. The normalized spacial score (nSPS) is 29.7. The lowest BCUT2D eigenvalue weighted by atomic mass is 9.84. The molecule has 0 saturated heterocycles. The van der Waals surface area contributed by atoms with Crippen LogP contribution >= 0.6 is 0 Å². The molecule has 1 aliphatic carbocycles. The van der Waals surface area contributed by atoms with Crippen LogP contribution in [0.1, 0.15) is 59.8 Å². The summed E-state index contributed by atoms with van der Waals surface area (Å²) in [7, 11) is -2.99. The summed E-state index contributed by atoms with van der Waals surface area (Å²) in [4.78, 5) is 0. The van der Waals surface area contributed by atoms with Crippen molar-refractivity contribution in [2.45, 2.75) is 76.3 Å². The molecule has 1 saturated carbocycles. The minimum absolute atomic E-state index is 0.167. The Morgan fingerprint density at radius 2 is 1.89 bits per heavy atom. The molecule has 0 spiro atoms. The van der Waals surface area contributed by atoms with Crippen molar-refractivity contribution in [1.82, 2.24) is 5.32 Å². The van der Waals surface area contributed by atoms with Gasteiger partial charge in [-0.1, -0.05) is 20.3 Å². The molecular weight excluding hydrogens is 246 g/mol. The van der Waals surface area contributed by atoms with E-state index in [1.165, 1.54) is 6.42 Å². The maximum atomic E-state index is 12.5. The average Bonchev–Trinajstić information content (AvgIpc) is 2.35. The van der Waals surface area contributed by atoms with E-state index in [9.17, 15) is 8.42 Å². The Labute approximate surface area is 113 Å². The molecule has 18 heavy (non-hydrogen) atoms. The van der Waals surface area contributed by atoms with Crippen LogP contribution in [0.3, 0.4) is 0 Å². The van der Waals surface area contributed by atoms with Crippen molar-refractivity contribution in [1.29, 1.82) is 0 Å². The van der Waals surface area contributed by atoms with Crippen LogP contribution in [0.15, 0.2) is 0 Å². The van der Waals surface area contributed by atoms with Crippen molar-refractivity contribution in [3.05, 3.63) is 0 Å². The second kappa shape index (κ2) is 6.90. The van der Waals surface area contributed by atoms with Crippen molar-refractivity contribution in [2.24, 2.45) is 5.92 Å². The van der Waals surface area contributed by atoms with Gasteiger partial charge in [0.1, 0.15) is 0 Å². The van der Waals surface area contributed by atoms with Gasteiger partial charge < -0.3 is 5.32 Å². The second-order valence-corrected chi connectivity index (χ2v) is 8.55. The van der Waals surface area contributed by atoms with Crippen molar-refractivity contribution in [2.75, 3.05) is 6.54 Å². The highest BCUT2D eigenvalue weighted by Gasteiger charge is 2.39. The summed E-state index contributed by atoms with van der Waals surface area (Å²) < 4.78 is 25.0. The molecule has 0 aromatic rings. The number of sulfone groups is 1. The fourth-order valence-corrected chi connectivity index (χ4v) is 4.79. The number of hydrogen-bond acceptors (Lipinski definition) is 3. The Morgan fingerprint density at radius 3 is 2.39 bits per heavy atom. The van der Waals surface area contributed by atoms with E-state index in [1.54, 1.807) is 0 Å². The SMILES string of the molecule is CCCNC1CCC(CC)CC1S(=O)(=O)C(C)C. The van der Waals surface area contributed by atoms with Crippen LogP contribution in [0.4, 0.5) is 0 Å². The number of rotatable bonds is 6. The molecule has 0 aromatic carbocycles. The molecule has 1 fully saturated rings. The van der Waals surface area contributed by atoms with Gasteiger partial charge in [0.15, 0.2) is 9.84 Å². The zero-order valence-electron chi connectivity index (χ0n) is 12.3. The molecule has 3 unspecified atom stereocenters. The van der Waals surface area contributed by atoms with Crippen molar-refractivity contribution in [3.63, 3.8) is 0 Å². The third-order valence-electron chi connectivity index (χ3n) is 4.21. The highest BCUT2D eigenvalue weighted by molar-refractivity contribution is 7.92. The minimum Gasteiger partial charge on any atom is -0.313 e. The molecule has 1 rings (SSSR count). The van der Waals surface area contributed by atoms with Gasteiger partial charge in [0, 0.05) is 6.04 Å². The molecule has 4 heteroatoms. The van der Waals surface area contributed by atoms with Crippen LogP contribution in [0, 0.1) is 5.92 Å². The van der Waals surface area contributed by atoms with E-state index in [0.717, 1.165) is 32.2 Å². The molecule has 0 aliphatic heterocycles. The predicted octanol–water partition coefficient (Wildman–Crippen LogP) is 2.76. The molecule has 1 aliphatic rings. The van der Waals surface area contributed by atoms with E-state index in [-0.39, 0.29) is 16.5 Å². The lowest BCUT2D eigenvalue weighted by Gasteiger charge is -2.37. The molecule has 3 atom stereocenters. The van der Waals surface area contributed by atoms with Gasteiger partial charge in [-0.2, -0.15) is 0 Å². The zero-order chi connectivity index (χ0) is 13.8. The first-order valence-electron chi connectivity index (χ1n) is 7.39. The molecule has 108 valence electrons. The highest BCUT2D eigenvalue weighted by Crippen LogP contribution is 2.32. The first-order valence-corrected chi connectivity index (χ1v) is 9.00. The van der Waals surface area contributed by atoms with Gasteiger partial charge in [0.2, 0.25) is 0 Å². The van der Waals surface area contributed by atoms with Crippen LogP contribution in [-0.4, -0.2) is 31.5 Å². The van der Waals surface area contributed by atoms with Crippen LogP contribution in [-0.2, 0) is 9.84 Å². The number of nitrogens with one attached hydrogen (secondary N) is 1. The summed E-state index contributed by atoms with van der Waals surface area (Å²) >= 11 is 0. The van der Waals surface area contributed by atoms with Gasteiger partial charge in [-0.05, 0) is 52.0 Å². The summed E-state index contributed by atoms with van der Waals surface area (Å²) in [6.07, 6.45) is 5.18. The first-order chi connectivity index (χ1) is 8.43. The van der Waals surface area contributed by atoms with Gasteiger partial charge in [-0.15, -0.1) is 0 Å². The Hall–Kier alpha value is -0.0900. The lowest BCUT2D eigenvalue weighted by molar-refractivity contribution is 0.287. The fraction of sp³-hybridized carbons (Fsp3) is 1.00. The van der Waals surface area contributed by atoms with Crippen molar-refractivity contribution in [3.8, 4) is 0 Å². The second-order valence-electron chi connectivity index (χ2n) is 5.82. The average molecular weight is 275 g/mol. The van der Waals surface area contributed by atoms with Crippen LogP contribution in [0.25, 0.3) is 0 Å². The molecular formula is C14H29NO2S. The highest BCUT2D eigenvalue weighted by atomic mass is 32.2. The van der Waals surface area contributed by atoms with Crippen LogP contribution < -0.4 is 5.32 Å². The minimum atomic E-state index is -2.99. The molecule has 0 bridgehead atoms. The largest absolute Gasteiger partial charge is 0.313 e. The van der Waals surface area contributed by atoms with Crippen molar-refractivity contribution < 1.29 is 8.42 Å².